The number of sulfonamides is 1. The van der Waals surface area contributed by atoms with Crippen LogP contribution in [-0.2, 0) is 10.0 Å². The highest BCUT2D eigenvalue weighted by Crippen LogP contribution is 2.30. The maximum absolute atomic E-state index is 13.4. The normalized spacial score (nSPS) is 11.4. The summed E-state index contributed by atoms with van der Waals surface area (Å²) < 4.78 is 29.4. The maximum Gasteiger partial charge on any atom is 0.263 e. The molecule has 0 fully saturated rings. The van der Waals surface area contributed by atoms with Crippen LogP contribution in [0.5, 0.6) is 0 Å². The second kappa shape index (κ2) is 10.8. The van der Waals surface area contributed by atoms with Crippen molar-refractivity contribution in [2.75, 3.05) is 6.54 Å². The average molecular weight is 540 g/mol. The molecule has 0 aliphatic carbocycles. The van der Waals surface area contributed by atoms with E-state index in [1.165, 1.54) is 16.7 Å². The Hall–Kier alpha value is -3.20. The fourth-order valence-electron chi connectivity index (χ4n) is 3.91. The van der Waals surface area contributed by atoms with E-state index in [2.05, 4.69) is 10.0 Å². The molecule has 6 nitrogen and oxygen atoms in total. The highest BCUT2D eigenvalue weighted by atomic mass is 35.5. The Balaban J connectivity index is 1.73. The Morgan fingerprint density at radius 2 is 1.72 bits per heavy atom. The van der Waals surface area contributed by atoms with E-state index in [-0.39, 0.29) is 15.6 Å². The number of aryl methyl sites for hydroxylation is 1. The molecule has 36 heavy (non-hydrogen) atoms. The summed E-state index contributed by atoms with van der Waals surface area (Å²) in [6, 6.07) is 19.3. The molecule has 0 aliphatic heterocycles. The average Bonchev–Trinajstić information content (AvgIpc) is 2.86. The number of aromatic nitrogens is 1. The summed E-state index contributed by atoms with van der Waals surface area (Å²) in [4.78, 5) is 13.4. The van der Waals surface area contributed by atoms with Gasteiger partial charge in [0.2, 0.25) is 0 Å². The zero-order chi connectivity index (χ0) is 25.9. The number of halogens is 1. The van der Waals surface area contributed by atoms with Gasteiger partial charge in [0.15, 0.2) is 5.11 Å². The summed E-state index contributed by atoms with van der Waals surface area (Å²) in [5.74, 6) is 0. The molecule has 4 rings (SSSR count). The van der Waals surface area contributed by atoms with Gasteiger partial charge in [0.25, 0.3) is 15.6 Å². The second-order valence-electron chi connectivity index (χ2n) is 8.44. The minimum atomic E-state index is -3.85. The molecule has 9 heteroatoms. The van der Waals surface area contributed by atoms with E-state index in [1.807, 2.05) is 50.2 Å². The van der Waals surface area contributed by atoms with Gasteiger partial charge >= 0.3 is 0 Å². The molecule has 0 atom stereocenters. The van der Waals surface area contributed by atoms with Crippen LogP contribution in [0.1, 0.15) is 25.3 Å². The van der Waals surface area contributed by atoms with Crippen LogP contribution in [0.15, 0.2) is 82.6 Å². The van der Waals surface area contributed by atoms with Crippen molar-refractivity contribution in [1.82, 2.24) is 14.6 Å². The van der Waals surface area contributed by atoms with Gasteiger partial charge in [0.05, 0.1) is 4.90 Å². The second-order valence-corrected chi connectivity index (χ2v) is 10.9. The van der Waals surface area contributed by atoms with Crippen molar-refractivity contribution in [3.63, 3.8) is 0 Å². The Bertz CT molecular complexity index is 1600. The largest absolute Gasteiger partial charge is 0.362 e. The SMILES string of the molecule is CCCCNC(=S)NS(=O)(=O)c1ccc(-n2cc(-c3ccc(Cl)c(C)c3)c3ccccc3c2=O)cc1. The van der Waals surface area contributed by atoms with Crippen molar-refractivity contribution >= 4 is 49.7 Å². The van der Waals surface area contributed by atoms with Gasteiger partial charge < -0.3 is 5.32 Å². The molecule has 0 saturated carbocycles. The lowest BCUT2D eigenvalue weighted by Crippen LogP contribution is -2.39. The highest BCUT2D eigenvalue weighted by molar-refractivity contribution is 7.91. The summed E-state index contributed by atoms with van der Waals surface area (Å²) >= 11 is 11.3. The fourth-order valence-corrected chi connectivity index (χ4v) is 5.38. The predicted octanol–water partition coefficient (Wildman–Crippen LogP) is 5.57. The van der Waals surface area contributed by atoms with Gasteiger partial charge in [-0.05, 0) is 84.5 Å². The first-order valence-corrected chi connectivity index (χ1v) is 13.8. The third-order valence-electron chi connectivity index (χ3n) is 5.86. The number of fused-ring (bicyclic) bond motifs is 1. The molecule has 3 aromatic carbocycles. The van der Waals surface area contributed by atoms with Gasteiger partial charge in [-0.3, -0.25) is 14.1 Å². The van der Waals surface area contributed by atoms with Gasteiger partial charge in [-0.25, -0.2) is 8.42 Å². The molecule has 4 aromatic rings. The number of rotatable bonds is 7. The van der Waals surface area contributed by atoms with E-state index in [4.69, 9.17) is 23.8 Å². The van der Waals surface area contributed by atoms with Crippen LogP contribution in [-0.4, -0.2) is 24.6 Å². The Morgan fingerprint density at radius 1 is 1.03 bits per heavy atom. The molecule has 0 radical (unpaired) electrons. The molecule has 0 spiro atoms. The first-order chi connectivity index (χ1) is 17.2. The van der Waals surface area contributed by atoms with Crippen LogP contribution in [0.4, 0.5) is 0 Å². The third kappa shape index (κ3) is 5.46. The van der Waals surface area contributed by atoms with Crippen molar-refractivity contribution in [2.45, 2.75) is 31.6 Å². The molecule has 186 valence electrons. The minimum Gasteiger partial charge on any atom is -0.362 e. The van der Waals surface area contributed by atoms with Crippen LogP contribution in [0.2, 0.25) is 5.02 Å². The smallest absolute Gasteiger partial charge is 0.263 e. The zero-order valence-corrected chi connectivity index (χ0v) is 22.3. The van der Waals surface area contributed by atoms with Crippen molar-refractivity contribution < 1.29 is 8.42 Å². The summed E-state index contributed by atoms with van der Waals surface area (Å²) in [5.41, 5.74) is 3.07. The summed E-state index contributed by atoms with van der Waals surface area (Å²) in [5, 5.41) is 5.00. The van der Waals surface area contributed by atoms with Gasteiger partial charge in [-0.1, -0.05) is 49.2 Å². The number of thiocarbonyl (C=S) groups is 1. The maximum atomic E-state index is 13.4. The number of hydrogen-bond donors (Lipinski definition) is 2. The van der Waals surface area contributed by atoms with E-state index in [1.54, 1.807) is 24.4 Å². The number of pyridine rings is 1. The topological polar surface area (TPSA) is 80.2 Å². The Kier molecular flexibility index (Phi) is 7.78. The molecule has 0 saturated heterocycles. The summed E-state index contributed by atoms with van der Waals surface area (Å²) in [6.07, 6.45) is 3.63. The predicted molar refractivity (Wildman–Crippen MR) is 151 cm³/mol. The Morgan fingerprint density at radius 3 is 2.39 bits per heavy atom. The zero-order valence-electron chi connectivity index (χ0n) is 19.9. The van der Waals surface area contributed by atoms with E-state index in [9.17, 15) is 13.2 Å². The van der Waals surface area contributed by atoms with Gasteiger partial charge in [0.1, 0.15) is 0 Å². The van der Waals surface area contributed by atoms with Crippen LogP contribution in [0.25, 0.3) is 27.6 Å². The standard InChI is InChI=1S/C27H26ClN3O3S2/c1-3-4-15-29-27(35)30-36(33,34)21-12-10-20(11-13-21)31-17-24(19-9-14-25(28)18(2)16-19)22-7-5-6-8-23(22)26(31)32/h5-14,16-17H,3-4,15H2,1-2H3,(H2,29,30,35). The quantitative estimate of drug-likeness (QED) is 0.237. The van der Waals surface area contributed by atoms with Crippen LogP contribution in [0.3, 0.4) is 0 Å². The van der Waals surface area contributed by atoms with Crippen LogP contribution < -0.4 is 15.6 Å². The number of nitrogens with one attached hydrogen (secondary N) is 2. The number of hydrogen-bond acceptors (Lipinski definition) is 4. The first-order valence-electron chi connectivity index (χ1n) is 11.5. The number of unbranched alkanes of at least 4 members (excludes halogenated alkanes) is 1. The van der Waals surface area contributed by atoms with E-state index < -0.39 is 10.0 Å². The lowest BCUT2D eigenvalue weighted by Gasteiger charge is -2.14. The van der Waals surface area contributed by atoms with Crippen LogP contribution >= 0.6 is 23.8 Å². The van der Waals surface area contributed by atoms with Crippen molar-refractivity contribution in [3.05, 3.63) is 93.9 Å². The van der Waals surface area contributed by atoms with Gasteiger partial charge in [0, 0.05) is 34.4 Å². The fraction of sp³-hybridized carbons (Fsp3) is 0.185. The van der Waals surface area contributed by atoms with E-state index in [0.717, 1.165) is 34.9 Å². The molecule has 2 N–H and O–H groups in total. The summed E-state index contributed by atoms with van der Waals surface area (Å²) in [7, 11) is -3.85. The van der Waals surface area contributed by atoms with E-state index in [0.29, 0.717) is 22.6 Å². The monoisotopic (exact) mass is 539 g/mol. The van der Waals surface area contributed by atoms with Crippen molar-refractivity contribution in [1.29, 1.82) is 0 Å². The van der Waals surface area contributed by atoms with Gasteiger partial charge in [-0.15, -0.1) is 0 Å². The molecule has 0 bridgehead atoms. The Labute approximate surface area is 221 Å². The molecule has 0 aliphatic rings. The molecule has 0 amide bonds. The molecular formula is C27H26ClN3O3S2. The number of benzene rings is 3. The third-order valence-corrected chi connectivity index (χ3v) is 8.03. The lowest BCUT2D eigenvalue weighted by molar-refractivity contribution is 0.591. The van der Waals surface area contributed by atoms with Crippen molar-refractivity contribution in [2.24, 2.45) is 0 Å². The lowest BCUT2D eigenvalue weighted by atomic mass is 9.99. The number of nitrogens with zero attached hydrogens (tertiary/aromatic N) is 1. The minimum absolute atomic E-state index is 0.0493. The first kappa shape index (κ1) is 25.9. The van der Waals surface area contributed by atoms with E-state index >= 15 is 0 Å². The highest BCUT2D eigenvalue weighted by Gasteiger charge is 2.17. The molecule has 1 heterocycles. The molecule has 1 aromatic heterocycles. The molecule has 0 unspecified atom stereocenters. The van der Waals surface area contributed by atoms with Crippen molar-refractivity contribution in [3.8, 4) is 16.8 Å². The van der Waals surface area contributed by atoms with Gasteiger partial charge in [-0.2, -0.15) is 0 Å². The summed E-state index contributed by atoms with van der Waals surface area (Å²) in [6.45, 7) is 4.57. The molecular weight excluding hydrogens is 514 g/mol. The van der Waals surface area contributed by atoms with Crippen LogP contribution in [0, 0.1) is 6.92 Å².